The molecule has 1 aliphatic heterocycles. The molecule has 2 fully saturated rings. The number of anilines is 1. The minimum Gasteiger partial charge on any atom is -0.315 e. The third-order valence-electron chi connectivity index (χ3n) is 7.89. The minimum absolute atomic E-state index is 0.0198. The first-order chi connectivity index (χ1) is 15.0. The largest absolute Gasteiger partial charge is 0.315 e. The van der Waals surface area contributed by atoms with Crippen LogP contribution in [0.2, 0.25) is 0 Å². The van der Waals surface area contributed by atoms with Gasteiger partial charge in [0.2, 0.25) is 5.91 Å². The zero-order chi connectivity index (χ0) is 21.6. The summed E-state index contributed by atoms with van der Waals surface area (Å²) in [6.45, 7) is 1.08. The van der Waals surface area contributed by atoms with Gasteiger partial charge in [0.15, 0.2) is 0 Å². The molecule has 0 unspecified atom stereocenters. The average molecular weight is 420 g/mol. The van der Waals surface area contributed by atoms with Crippen LogP contribution < -0.4 is 10.2 Å². The van der Waals surface area contributed by atoms with Crippen molar-refractivity contribution in [1.29, 1.82) is 0 Å². The third-order valence-corrected chi connectivity index (χ3v) is 7.89. The molecule has 1 heterocycles. The summed E-state index contributed by atoms with van der Waals surface area (Å²) in [5, 5.41) is 14.8. The lowest BCUT2D eigenvalue weighted by Crippen LogP contribution is -2.59. The van der Waals surface area contributed by atoms with E-state index in [1.165, 1.54) is 55.4 Å². The molecule has 2 aromatic carbocycles. The summed E-state index contributed by atoms with van der Waals surface area (Å²) in [5.74, 6) is 0.652. The Bertz CT molecular complexity index is 1030. The van der Waals surface area contributed by atoms with Crippen LogP contribution >= 0.6 is 0 Å². The van der Waals surface area contributed by atoms with Gasteiger partial charge in [0.25, 0.3) is 5.69 Å². The lowest BCUT2D eigenvalue weighted by molar-refractivity contribution is -0.384. The number of fused-ring (bicyclic) bond motifs is 1. The Morgan fingerprint density at radius 2 is 2.06 bits per heavy atom. The monoisotopic (exact) mass is 419 g/mol. The molecule has 1 N–H and O–H groups in total. The number of likely N-dealkylation sites (N-methyl/N-ethyl adjacent to an activating group) is 1. The van der Waals surface area contributed by atoms with E-state index in [1.807, 2.05) is 7.05 Å². The molecule has 6 heteroatoms. The summed E-state index contributed by atoms with van der Waals surface area (Å²) in [6.07, 6.45) is 7.44. The molecule has 162 valence electrons. The van der Waals surface area contributed by atoms with Crippen LogP contribution in [-0.4, -0.2) is 30.5 Å². The fraction of sp³-hybridized carbons (Fsp3) is 0.480. The highest BCUT2D eigenvalue weighted by molar-refractivity contribution is 5.95. The van der Waals surface area contributed by atoms with Gasteiger partial charge in [-0.3, -0.25) is 14.9 Å². The maximum absolute atomic E-state index is 13.1. The first kappa shape index (κ1) is 20.2. The summed E-state index contributed by atoms with van der Waals surface area (Å²) in [6, 6.07) is 13.3. The predicted molar refractivity (Wildman–Crippen MR) is 120 cm³/mol. The molecule has 1 amide bonds. The first-order valence-electron chi connectivity index (χ1n) is 11.4. The normalized spacial score (nSPS) is 26.5. The van der Waals surface area contributed by atoms with Gasteiger partial charge < -0.3 is 10.2 Å². The van der Waals surface area contributed by atoms with Gasteiger partial charge in [-0.15, -0.1) is 0 Å². The fourth-order valence-electron chi connectivity index (χ4n) is 6.47. The van der Waals surface area contributed by atoms with Crippen LogP contribution in [0.4, 0.5) is 11.4 Å². The molecule has 5 rings (SSSR count). The van der Waals surface area contributed by atoms with Crippen LogP contribution in [-0.2, 0) is 23.1 Å². The van der Waals surface area contributed by atoms with Crippen molar-refractivity contribution in [2.45, 2.75) is 56.4 Å². The Hall–Kier alpha value is -2.73. The highest BCUT2D eigenvalue weighted by atomic mass is 16.6. The molecule has 2 aliphatic carbocycles. The topological polar surface area (TPSA) is 75.5 Å². The number of piperidine rings is 1. The zero-order valence-corrected chi connectivity index (χ0v) is 18.0. The quantitative estimate of drug-likeness (QED) is 0.597. The van der Waals surface area contributed by atoms with Gasteiger partial charge in [0, 0.05) is 36.3 Å². The average Bonchev–Trinajstić information content (AvgIpc) is 2.78. The summed E-state index contributed by atoms with van der Waals surface area (Å²) in [4.78, 5) is 25.6. The number of hydrogen-bond donors (Lipinski definition) is 1. The molecule has 3 atom stereocenters. The number of nitro benzene ring substituents is 1. The Morgan fingerprint density at radius 3 is 2.90 bits per heavy atom. The first-order valence-corrected chi connectivity index (χ1v) is 11.4. The lowest BCUT2D eigenvalue weighted by atomic mass is 9.52. The number of rotatable bonds is 4. The van der Waals surface area contributed by atoms with E-state index in [9.17, 15) is 14.9 Å². The molecular weight excluding hydrogens is 390 g/mol. The third kappa shape index (κ3) is 3.33. The number of benzene rings is 2. The minimum atomic E-state index is -0.420. The van der Waals surface area contributed by atoms with Crippen LogP contribution in [0.1, 0.15) is 48.8 Å². The second kappa shape index (κ2) is 7.75. The SMILES string of the molecule is CN(C(=O)Cc1cccc([N+](=O)[O-])c1)c1cccc2c1C[C@H]1NCC[C@@]23CCCC[C@@H]13. The van der Waals surface area contributed by atoms with E-state index < -0.39 is 4.92 Å². The highest BCUT2D eigenvalue weighted by Crippen LogP contribution is 2.55. The Labute approximate surface area is 182 Å². The van der Waals surface area contributed by atoms with Crippen molar-refractivity contribution in [3.63, 3.8) is 0 Å². The number of hydrogen-bond acceptors (Lipinski definition) is 4. The number of nitrogens with one attached hydrogen (secondary N) is 1. The van der Waals surface area contributed by atoms with E-state index in [2.05, 4.69) is 23.5 Å². The van der Waals surface area contributed by atoms with E-state index in [0.717, 1.165) is 18.7 Å². The van der Waals surface area contributed by atoms with E-state index >= 15 is 0 Å². The van der Waals surface area contributed by atoms with Crippen molar-refractivity contribution in [3.8, 4) is 0 Å². The van der Waals surface area contributed by atoms with Crippen molar-refractivity contribution >= 4 is 17.3 Å². The van der Waals surface area contributed by atoms with Gasteiger partial charge in [-0.25, -0.2) is 0 Å². The van der Waals surface area contributed by atoms with E-state index in [-0.39, 0.29) is 23.4 Å². The molecule has 0 spiro atoms. The zero-order valence-electron chi connectivity index (χ0n) is 18.0. The molecule has 0 radical (unpaired) electrons. The van der Waals surface area contributed by atoms with Gasteiger partial charge >= 0.3 is 0 Å². The van der Waals surface area contributed by atoms with E-state index in [0.29, 0.717) is 17.5 Å². The molecule has 31 heavy (non-hydrogen) atoms. The van der Waals surface area contributed by atoms with Crippen molar-refractivity contribution in [2.75, 3.05) is 18.5 Å². The van der Waals surface area contributed by atoms with E-state index in [1.54, 1.807) is 17.0 Å². The number of nitro groups is 1. The molecule has 0 aromatic heterocycles. The highest BCUT2D eigenvalue weighted by Gasteiger charge is 2.51. The standard InChI is InChI=1S/C25H29N3O3/c1-27(24(29)15-17-6-4-7-18(14-17)28(30)31)23-10-5-9-20-19(23)16-22-21-8-2-3-11-25(20,21)12-13-26-22/h4-7,9-10,14,21-22,26H,2-3,8,11-13,15-16H2,1H3/t21-,22+,25-/m0/s1. The summed E-state index contributed by atoms with van der Waals surface area (Å²) in [7, 11) is 1.84. The second-order valence-electron chi connectivity index (χ2n) is 9.38. The number of amides is 1. The number of non-ortho nitro benzene ring substituents is 1. The van der Waals surface area contributed by atoms with Crippen LogP contribution in [0.5, 0.6) is 0 Å². The Morgan fingerprint density at radius 1 is 1.23 bits per heavy atom. The van der Waals surface area contributed by atoms with Crippen LogP contribution in [0.25, 0.3) is 0 Å². The maximum Gasteiger partial charge on any atom is 0.269 e. The molecule has 2 aromatic rings. The smallest absolute Gasteiger partial charge is 0.269 e. The molecule has 6 nitrogen and oxygen atoms in total. The Balaban J connectivity index is 1.46. The lowest BCUT2D eigenvalue weighted by Gasteiger charge is -2.56. The van der Waals surface area contributed by atoms with Crippen LogP contribution in [0.3, 0.4) is 0 Å². The molecular formula is C25H29N3O3. The number of carbonyl (C=O) groups excluding carboxylic acids is 1. The van der Waals surface area contributed by atoms with Gasteiger partial charge in [0.05, 0.1) is 11.3 Å². The number of carbonyl (C=O) groups is 1. The second-order valence-corrected chi connectivity index (χ2v) is 9.38. The van der Waals surface area contributed by atoms with Crippen molar-refractivity contribution in [2.24, 2.45) is 5.92 Å². The summed E-state index contributed by atoms with van der Waals surface area (Å²) in [5.41, 5.74) is 4.70. The molecule has 2 bridgehead atoms. The molecule has 1 saturated heterocycles. The van der Waals surface area contributed by atoms with Crippen molar-refractivity contribution < 1.29 is 9.72 Å². The van der Waals surface area contributed by atoms with Gasteiger partial charge in [-0.1, -0.05) is 37.1 Å². The van der Waals surface area contributed by atoms with Crippen molar-refractivity contribution in [1.82, 2.24) is 5.32 Å². The van der Waals surface area contributed by atoms with E-state index in [4.69, 9.17) is 0 Å². The van der Waals surface area contributed by atoms with Crippen molar-refractivity contribution in [3.05, 3.63) is 69.3 Å². The molecule has 3 aliphatic rings. The fourth-order valence-corrected chi connectivity index (χ4v) is 6.47. The predicted octanol–water partition coefficient (Wildman–Crippen LogP) is 4.15. The molecule has 1 saturated carbocycles. The Kier molecular flexibility index (Phi) is 5.05. The summed E-state index contributed by atoms with van der Waals surface area (Å²) >= 11 is 0. The van der Waals surface area contributed by atoms with Crippen LogP contribution in [0.15, 0.2) is 42.5 Å². The van der Waals surface area contributed by atoms with Gasteiger partial charge in [0.1, 0.15) is 0 Å². The number of nitrogens with zero attached hydrogens (tertiary/aromatic N) is 2. The van der Waals surface area contributed by atoms with Crippen LogP contribution in [0, 0.1) is 16.0 Å². The van der Waals surface area contributed by atoms with Gasteiger partial charge in [-0.05, 0) is 60.9 Å². The summed E-state index contributed by atoms with van der Waals surface area (Å²) < 4.78 is 0. The van der Waals surface area contributed by atoms with Gasteiger partial charge in [-0.2, -0.15) is 0 Å². The maximum atomic E-state index is 13.1.